The zero-order valence-corrected chi connectivity index (χ0v) is 17.9. The summed E-state index contributed by atoms with van der Waals surface area (Å²) in [6.45, 7) is 4.46. The number of aromatic nitrogens is 2. The van der Waals surface area contributed by atoms with Crippen molar-refractivity contribution >= 4 is 45.1 Å². The van der Waals surface area contributed by atoms with E-state index in [1.165, 1.54) is 16.2 Å². The van der Waals surface area contributed by atoms with Crippen LogP contribution in [0.2, 0.25) is 0 Å². The fourth-order valence-electron chi connectivity index (χ4n) is 3.15. The van der Waals surface area contributed by atoms with Gasteiger partial charge in [0.05, 0.1) is 22.8 Å². The summed E-state index contributed by atoms with van der Waals surface area (Å²) < 4.78 is 2.05. The Morgan fingerprint density at radius 2 is 2.03 bits per heavy atom. The predicted octanol–water partition coefficient (Wildman–Crippen LogP) is 4.60. The van der Waals surface area contributed by atoms with E-state index < -0.39 is 0 Å². The number of thiazole rings is 1. The lowest BCUT2D eigenvalue weighted by Gasteiger charge is -2.18. The number of hydrogen-bond donors (Lipinski definition) is 1. The van der Waals surface area contributed by atoms with Crippen LogP contribution < -0.4 is 5.32 Å². The lowest BCUT2D eigenvalue weighted by atomic mass is 10.1. The number of anilines is 1. The van der Waals surface area contributed by atoms with Crippen molar-refractivity contribution in [2.45, 2.75) is 20.4 Å². The van der Waals surface area contributed by atoms with Crippen LogP contribution in [0.5, 0.6) is 0 Å². The Labute approximate surface area is 176 Å². The van der Waals surface area contributed by atoms with Crippen LogP contribution in [0.3, 0.4) is 0 Å². The Hall–Kier alpha value is -2.97. The number of nitrogens with one attached hydrogen (secondary N) is 1. The van der Waals surface area contributed by atoms with Crippen LogP contribution in [0.4, 0.5) is 5.69 Å². The summed E-state index contributed by atoms with van der Waals surface area (Å²) >= 11 is 3.01. The van der Waals surface area contributed by atoms with Crippen molar-refractivity contribution in [1.82, 2.24) is 14.3 Å². The van der Waals surface area contributed by atoms with Crippen molar-refractivity contribution in [3.05, 3.63) is 74.7 Å². The van der Waals surface area contributed by atoms with Crippen LogP contribution in [0.25, 0.3) is 4.96 Å². The summed E-state index contributed by atoms with van der Waals surface area (Å²) in [6, 6.07) is 10.6. The highest BCUT2D eigenvalue weighted by Gasteiger charge is 2.18. The minimum atomic E-state index is -0.178. The highest BCUT2D eigenvalue weighted by molar-refractivity contribution is 7.17. The molecule has 0 saturated heterocycles. The average Bonchev–Trinajstić information content (AvgIpc) is 3.40. The number of thiophene rings is 1. The van der Waals surface area contributed by atoms with Gasteiger partial charge in [-0.2, -0.15) is 0 Å². The number of rotatable bonds is 5. The molecule has 0 radical (unpaired) electrons. The highest BCUT2D eigenvalue weighted by Crippen LogP contribution is 2.22. The van der Waals surface area contributed by atoms with Gasteiger partial charge in [-0.3, -0.25) is 14.0 Å². The molecule has 29 heavy (non-hydrogen) atoms. The minimum absolute atomic E-state index is 0.112. The maximum atomic E-state index is 13.0. The Kier molecular flexibility index (Phi) is 5.21. The fraction of sp³-hybridized carbons (Fsp3) is 0.190. The predicted molar refractivity (Wildman–Crippen MR) is 117 cm³/mol. The van der Waals surface area contributed by atoms with Crippen LogP contribution in [0.1, 0.15) is 36.3 Å². The number of amides is 2. The van der Waals surface area contributed by atoms with Crippen molar-refractivity contribution in [3.63, 3.8) is 0 Å². The summed E-state index contributed by atoms with van der Waals surface area (Å²) in [5.74, 6) is -0.290. The molecular formula is C21H20N4O2S2. The summed E-state index contributed by atoms with van der Waals surface area (Å²) in [7, 11) is 1.78. The van der Waals surface area contributed by atoms with Gasteiger partial charge in [0.15, 0.2) is 4.96 Å². The molecule has 0 aliphatic rings. The number of hydrogen-bond acceptors (Lipinski definition) is 5. The lowest BCUT2D eigenvalue weighted by Crippen LogP contribution is -2.27. The molecule has 148 valence electrons. The van der Waals surface area contributed by atoms with Gasteiger partial charge in [0.2, 0.25) is 0 Å². The van der Waals surface area contributed by atoms with E-state index in [1.54, 1.807) is 53.6 Å². The van der Waals surface area contributed by atoms with E-state index >= 15 is 0 Å². The van der Waals surface area contributed by atoms with E-state index in [0.29, 0.717) is 22.7 Å². The Bertz CT molecular complexity index is 1190. The smallest absolute Gasteiger partial charge is 0.265 e. The molecule has 0 aliphatic heterocycles. The number of carbonyl (C=O) groups is 2. The molecule has 1 N–H and O–H groups in total. The number of benzene rings is 1. The topological polar surface area (TPSA) is 66.7 Å². The quantitative estimate of drug-likeness (QED) is 0.509. The highest BCUT2D eigenvalue weighted by atomic mass is 32.1. The average molecular weight is 425 g/mol. The SMILES string of the molecule is Cc1cn2c(CN(C)C(=O)c3cccc(NC(=O)c4cccs4)c3)c(C)nc2s1. The first kappa shape index (κ1) is 19.4. The molecule has 0 bridgehead atoms. The van der Waals surface area contributed by atoms with Gasteiger partial charge in [0.1, 0.15) is 0 Å². The molecule has 2 amide bonds. The molecule has 4 rings (SSSR count). The molecule has 0 atom stereocenters. The second-order valence-corrected chi connectivity index (χ2v) is 8.97. The van der Waals surface area contributed by atoms with Gasteiger partial charge in [0.25, 0.3) is 11.8 Å². The monoisotopic (exact) mass is 424 g/mol. The largest absolute Gasteiger partial charge is 0.336 e. The summed E-state index contributed by atoms with van der Waals surface area (Å²) in [5, 5.41) is 4.70. The molecular weight excluding hydrogens is 404 g/mol. The van der Waals surface area contributed by atoms with E-state index in [4.69, 9.17) is 0 Å². The van der Waals surface area contributed by atoms with Crippen LogP contribution in [-0.4, -0.2) is 33.1 Å². The van der Waals surface area contributed by atoms with E-state index in [1.807, 2.05) is 31.5 Å². The first-order valence-corrected chi connectivity index (χ1v) is 10.8. The normalized spacial score (nSPS) is 11.0. The third kappa shape index (κ3) is 3.94. The molecule has 8 heteroatoms. The van der Waals surface area contributed by atoms with Gasteiger partial charge < -0.3 is 10.2 Å². The van der Waals surface area contributed by atoms with Gasteiger partial charge in [-0.05, 0) is 43.5 Å². The van der Waals surface area contributed by atoms with Gasteiger partial charge in [-0.15, -0.1) is 22.7 Å². The molecule has 0 aliphatic carbocycles. The maximum Gasteiger partial charge on any atom is 0.265 e. The molecule has 6 nitrogen and oxygen atoms in total. The number of fused-ring (bicyclic) bond motifs is 1. The van der Waals surface area contributed by atoms with E-state index in [2.05, 4.69) is 14.7 Å². The number of carbonyl (C=O) groups excluding carboxylic acids is 2. The molecule has 3 heterocycles. The summed E-state index contributed by atoms with van der Waals surface area (Å²) in [6.07, 6.45) is 2.05. The van der Waals surface area contributed by atoms with Crippen LogP contribution in [0.15, 0.2) is 48.0 Å². The second kappa shape index (κ2) is 7.81. The molecule has 3 aromatic heterocycles. The van der Waals surface area contributed by atoms with Crippen molar-refractivity contribution in [2.24, 2.45) is 0 Å². The Morgan fingerprint density at radius 1 is 1.21 bits per heavy atom. The number of aryl methyl sites for hydroxylation is 2. The van der Waals surface area contributed by atoms with Crippen molar-refractivity contribution < 1.29 is 9.59 Å². The molecule has 0 unspecified atom stereocenters. The van der Waals surface area contributed by atoms with Crippen molar-refractivity contribution in [2.75, 3.05) is 12.4 Å². The van der Waals surface area contributed by atoms with Gasteiger partial charge >= 0.3 is 0 Å². The Balaban J connectivity index is 1.51. The van der Waals surface area contributed by atoms with E-state index in [0.717, 1.165) is 16.3 Å². The minimum Gasteiger partial charge on any atom is -0.336 e. The molecule has 4 aromatic rings. The number of imidazole rings is 1. The first-order chi connectivity index (χ1) is 13.9. The summed E-state index contributed by atoms with van der Waals surface area (Å²) in [4.78, 5) is 34.2. The van der Waals surface area contributed by atoms with Gasteiger partial charge in [-0.1, -0.05) is 12.1 Å². The van der Waals surface area contributed by atoms with Gasteiger partial charge in [0, 0.05) is 29.4 Å². The number of nitrogens with zero attached hydrogens (tertiary/aromatic N) is 3. The summed E-state index contributed by atoms with van der Waals surface area (Å²) in [5.41, 5.74) is 3.05. The van der Waals surface area contributed by atoms with Crippen LogP contribution in [0, 0.1) is 13.8 Å². The van der Waals surface area contributed by atoms with Crippen LogP contribution in [-0.2, 0) is 6.54 Å². The van der Waals surface area contributed by atoms with Gasteiger partial charge in [-0.25, -0.2) is 4.98 Å². The zero-order valence-electron chi connectivity index (χ0n) is 16.3. The van der Waals surface area contributed by atoms with E-state index in [9.17, 15) is 9.59 Å². The second-order valence-electron chi connectivity index (χ2n) is 6.81. The maximum absolute atomic E-state index is 13.0. The molecule has 1 aromatic carbocycles. The molecule has 0 saturated carbocycles. The fourth-order valence-corrected chi connectivity index (χ4v) is 4.66. The third-order valence-corrected chi connectivity index (χ3v) is 6.35. The molecule has 0 spiro atoms. The lowest BCUT2D eigenvalue weighted by molar-refractivity contribution is 0.0782. The standard InChI is InChI=1S/C21H20N4O2S2/c1-13-11-25-17(14(2)22-21(25)29-13)12-24(3)20(27)15-6-4-7-16(10-15)23-19(26)18-8-5-9-28-18/h4-11H,12H2,1-3H3,(H,23,26). The first-order valence-electron chi connectivity index (χ1n) is 9.06. The molecule has 0 fully saturated rings. The van der Waals surface area contributed by atoms with E-state index in [-0.39, 0.29) is 11.8 Å². The Morgan fingerprint density at radius 3 is 2.79 bits per heavy atom. The third-order valence-electron chi connectivity index (χ3n) is 4.59. The van der Waals surface area contributed by atoms with Crippen molar-refractivity contribution in [3.8, 4) is 0 Å². The zero-order chi connectivity index (χ0) is 20.5. The van der Waals surface area contributed by atoms with Crippen molar-refractivity contribution in [1.29, 1.82) is 0 Å². The van der Waals surface area contributed by atoms with Crippen LogP contribution >= 0.6 is 22.7 Å².